The summed E-state index contributed by atoms with van der Waals surface area (Å²) < 4.78 is 38.3. The van der Waals surface area contributed by atoms with Gasteiger partial charge in [-0.15, -0.1) is 0 Å². The Kier molecular flexibility index (Phi) is 4.89. The Morgan fingerprint density at radius 1 is 1.17 bits per heavy atom. The fourth-order valence-electron chi connectivity index (χ4n) is 2.32. The van der Waals surface area contributed by atoms with Gasteiger partial charge in [0.1, 0.15) is 0 Å². The summed E-state index contributed by atoms with van der Waals surface area (Å²) in [6, 6.07) is 9.83. The number of carbonyl (C=O) groups is 1. The molecule has 2 aromatic rings. The Balaban J connectivity index is 2.38. The summed E-state index contributed by atoms with van der Waals surface area (Å²) in [6.07, 6.45) is -0.739. The standard InChI is InChI=1S/C18H15F3O2/c1-2-4-12-7-8-14(16(11-12)17(22)23)9-13-5-3-6-15(10-13)18(19,20)21/h2-8,10-11H,9H2,1H3,(H,22,23)/b4-2+. The highest BCUT2D eigenvalue weighted by Gasteiger charge is 2.30. The van der Waals surface area contributed by atoms with Gasteiger partial charge in [0.15, 0.2) is 0 Å². The molecule has 0 spiro atoms. The summed E-state index contributed by atoms with van der Waals surface area (Å²) in [6.45, 7) is 1.82. The Morgan fingerprint density at radius 2 is 1.91 bits per heavy atom. The number of hydrogen-bond acceptors (Lipinski definition) is 1. The van der Waals surface area contributed by atoms with Crippen molar-refractivity contribution in [3.63, 3.8) is 0 Å². The lowest BCUT2D eigenvalue weighted by atomic mass is 9.96. The Morgan fingerprint density at radius 3 is 2.52 bits per heavy atom. The number of allylic oxidation sites excluding steroid dienone is 1. The first kappa shape index (κ1) is 16.8. The molecule has 1 N–H and O–H groups in total. The van der Waals surface area contributed by atoms with Crippen LogP contribution < -0.4 is 0 Å². The molecule has 0 unspecified atom stereocenters. The fourth-order valence-corrected chi connectivity index (χ4v) is 2.32. The molecule has 0 aliphatic carbocycles. The normalized spacial score (nSPS) is 11.8. The number of carboxylic acids is 1. The molecule has 0 atom stereocenters. The summed E-state index contributed by atoms with van der Waals surface area (Å²) in [5, 5.41) is 9.32. The quantitative estimate of drug-likeness (QED) is 0.858. The zero-order valence-electron chi connectivity index (χ0n) is 12.4. The molecule has 120 valence electrons. The van der Waals surface area contributed by atoms with E-state index in [9.17, 15) is 23.1 Å². The maximum atomic E-state index is 12.8. The van der Waals surface area contributed by atoms with Crippen molar-refractivity contribution in [3.05, 3.63) is 76.4 Å². The molecule has 0 aliphatic heterocycles. The first-order chi connectivity index (χ1) is 10.8. The molecule has 0 radical (unpaired) electrons. The van der Waals surface area contributed by atoms with E-state index in [1.807, 2.05) is 6.92 Å². The van der Waals surface area contributed by atoms with Crippen LogP contribution >= 0.6 is 0 Å². The largest absolute Gasteiger partial charge is 0.478 e. The highest BCUT2D eigenvalue weighted by molar-refractivity contribution is 5.90. The third kappa shape index (κ3) is 4.22. The average Bonchev–Trinajstić information content (AvgIpc) is 2.48. The number of rotatable bonds is 4. The number of carboxylic acid groups (broad SMARTS) is 1. The van der Waals surface area contributed by atoms with Gasteiger partial charge in [-0.25, -0.2) is 4.79 Å². The Hall–Kier alpha value is -2.56. The molecular weight excluding hydrogens is 305 g/mol. The van der Waals surface area contributed by atoms with E-state index in [2.05, 4.69) is 0 Å². The fraction of sp³-hybridized carbons (Fsp3) is 0.167. The third-order valence-electron chi connectivity index (χ3n) is 3.37. The molecule has 0 saturated heterocycles. The number of aromatic carboxylic acids is 1. The molecule has 2 rings (SSSR count). The minimum Gasteiger partial charge on any atom is -0.478 e. The zero-order valence-corrected chi connectivity index (χ0v) is 12.4. The highest BCUT2D eigenvalue weighted by atomic mass is 19.4. The van der Waals surface area contributed by atoms with Crippen molar-refractivity contribution in [2.24, 2.45) is 0 Å². The first-order valence-electron chi connectivity index (χ1n) is 6.96. The van der Waals surface area contributed by atoms with Crippen LogP contribution in [-0.4, -0.2) is 11.1 Å². The van der Waals surface area contributed by atoms with E-state index in [4.69, 9.17) is 0 Å². The van der Waals surface area contributed by atoms with Crippen LogP contribution in [0.15, 0.2) is 48.5 Å². The SMILES string of the molecule is C/C=C/c1ccc(Cc2cccc(C(F)(F)F)c2)c(C(=O)O)c1. The van der Waals surface area contributed by atoms with Crippen LogP contribution in [0.25, 0.3) is 6.08 Å². The van der Waals surface area contributed by atoms with Crippen molar-refractivity contribution < 1.29 is 23.1 Å². The average molecular weight is 320 g/mol. The van der Waals surface area contributed by atoms with Gasteiger partial charge in [0, 0.05) is 0 Å². The lowest BCUT2D eigenvalue weighted by Gasteiger charge is -2.11. The molecule has 5 heteroatoms. The van der Waals surface area contributed by atoms with E-state index >= 15 is 0 Å². The van der Waals surface area contributed by atoms with Gasteiger partial charge in [0.25, 0.3) is 0 Å². The topological polar surface area (TPSA) is 37.3 Å². The van der Waals surface area contributed by atoms with Crippen molar-refractivity contribution in [3.8, 4) is 0 Å². The van der Waals surface area contributed by atoms with Gasteiger partial charge >= 0.3 is 12.1 Å². The Bertz CT molecular complexity index is 746. The maximum absolute atomic E-state index is 12.8. The van der Waals surface area contributed by atoms with E-state index in [1.54, 1.807) is 30.4 Å². The highest BCUT2D eigenvalue weighted by Crippen LogP contribution is 2.30. The van der Waals surface area contributed by atoms with E-state index in [0.717, 1.165) is 17.7 Å². The second-order valence-electron chi connectivity index (χ2n) is 5.10. The van der Waals surface area contributed by atoms with Crippen molar-refractivity contribution >= 4 is 12.0 Å². The molecule has 2 nitrogen and oxygen atoms in total. The van der Waals surface area contributed by atoms with Crippen LogP contribution in [0.2, 0.25) is 0 Å². The molecule has 0 fully saturated rings. The van der Waals surface area contributed by atoms with Gasteiger partial charge in [-0.2, -0.15) is 13.2 Å². The number of halogens is 3. The first-order valence-corrected chi connectivity index (χ1v) is 6.96. The minimum absolute atomic E-state index is 0.0954. The molecule has 23 heavy (non-hydrogen) atoms. The summed E-state index contributed by atoms with van der Waals surface area (Å²) in [5.41, 5.74) is 0.985. The van der Waals surface area contributed by atoms with Crippen LogP contribution in [0, 0.1) is 0 Å². The lowest BCUT2D eigenvalue weighted by Crippen LogP contribution is -2.07. The van der Waals surface area contributed by atoms with Crippen molar-refractivity contribution in [2.45, 2.75) is 19.5 Å². The van der Waals surface area contributed by atoms with Crippen LogP contribution in [0.3, 0.4) is 0 Å². The summed E-state index contributed by atoms with van der Waals surface area (Å²) in [5.74, 6) is -1.10. The number of hydrogen-bond donors (Lipinski definition) is 1. The summed E-state index contributed by atoms with van der Waals surface area (Å²) in [7, 11) is 0. The Labute approximate surface area is 131 Å². The number of alkyl halides is 3. The van der Waals surface area contributed by atoms with Crippen LogP contribution in [-0.2, 0) is 12.6 Å². The maximum Gasteiger partial charge on any atom is 0.416 e. The molecular formula is C18H15F3O2. The number of benzene rings is 2. The van der Waals surface area contributed by atoms with Gasteiger partial charge in [-0.3, -0.25) is 0 Å². The van der Waals surface area contributed by atoms with Gasteiger partial charge in [-0.05, 0) is 42.2 Å². The molecule has 2 aromatic carbocycles. The van der Waals surface area contributed by atoms with E-state index in [0.29, 0.717) is 11.1 Å². The molecule has 0 heterocycles. The van der Waals surface area contributed by atoms with Gasteiger partial charge in [-0.1, -0.05) is 42.5 Å². The second-order valence-corrected chi connectivity index (χ2v) is 5.10. The van der Waals surface area contributed by atoms with Crippen molar-refractivity contribution in [1.29, 1.82) is 0 Å². The van der Waals surface area contributed by atoms with Crippen LogP contribution in [0.1, 0.15) is 39.5 Å². The van der Waals surface area contributed by atoms with Crippen LogP contribution in [0.5, 0.6) is 0 Å². The molecule has 0 bridgehead atoms. The van der Waals surface area contributed by atoms with Gasteiger partial charge in [0.2, 0.25) is 0 Å². The third-order valence-corrected chi connectivity index (χ3v) is 3.37. The van der Waals surface area contributed by atoms with E-state index in [-0.39, 0.29) is 12.0 Å². The van der Waals surface area contributed by atoms with Gasteiger partial charge < -0.3 is 5.11 Å². The molecule has 0 amide bonds. The van der Waals surface area contributed by atoms with Crippen molar-refractivity contribution in [2.75, 3.05) is 0 Å². The lowest BCUT2D eigenvalue weighted by molar-refractivity contribution is -0.137. The molecule has 0 saturated carbocycles. The predicted molar refractivity (Wildman–Crippen MR) is 82.4 cm³/mol. The minimum atomic E-state index is -4.42. The summed E-state index contributed by atoms with van der Waals surface area (Å²) in [4.78, 5) is 11.4. The van der Waals surface area contributed by atoms with Gasteiger partial charge in [0.05, 0.1) is 11.1 Å². The monoisotopic (exact) mass is 320 g/mol. The predicted octanol–water partition coefficient (Wildman–Crippen LogP) is 5.03. The smallest absolute Gasteiger partial charge is 0.416 e. The second kappa shape index (κ2) is 6.69. The molecule has 0 aromatic heterocycles. The van der Waals surface area contributed by atoms with Crippen LogP contribution in [0.4, 0.5) is 13.2 Å². The van der Waals surface area contributed by atoms with E-state index < -0.39 is 17.7 Å². The van der Waals surface area contributed by atoms with E-state index in [1.165, 1.54) is 12.1 Å². The zero-order chi connectivity index (χ0) is 17.0. The van der Waals surface area contributed by atoms with Crippen molar-refractivity contribution in [1.82, 2.24) is 0 Å². The molecule has 0 aliphatic rings. The summed E-state index contributed by atoms with van der Waals surface area (Å²) >= 11 is 0.